The first-order chi connectivity index (χ1) is 20.2. The lowest BCUT2D eigenvalue weighted by atomic mass is 9.99. The van der Waals surface area contributed by atoms with Crippen LogP contribution in [0.25, 0.3) is 0 Å². The number of nitrogens with zero attached hydrogens (tertiary/aromatic N) is 1. The highest BCUT2D eigenvalue weighted by atomic mass is 16.5. The number of ether oxygens (including phenoxy) is 1. The van der Waals surface area contributed by atoms with Gasteiger partial charge in [-0.2, -0.15) is 0 Å². The fraction of sp³-hybridized carbons (Fsp3) is 0.194. The van der Waals surface area contributed by atoms with Crippen LogP contribution < -0.4 is 10.1 Å². The van der Waals surface area contributed by atoms with Gasteiger partial charge >= 0.3 is 0 Å². The summed E-state index contributed by atoms with van der Waals surface area (Å²) in [5, 5.41) is 3.20. The summed E-state index contributed by atoms with van der Waals surface area (Å²) < 4.78 is 11.7. The average molecular weight is 545 g/mol. The summed E-state index contributed by atoms with van der Waals surface area (Å²) in [4.78, 5) is 15.7. The Bertz CT molecular complexity index is 1480. The van der Waals surface area contributed by atoms with Gasteiger partial charge in [-0.1, -0.05) is 103 Å². The number of furan rings is 1. The van der Waals surface area contributed by atoms with Crippen molar-refractivity contribution in [3.05, 3.63) is 161 Å². The van der Waals surface area contributed by atoms with E-state index < -0.39 is 0 Å². The molecule has 1 N–H and O–H groups in total. The third kappa shape index (κ3) is 8.19. The molecule has 1 unspecified atom stereocenters. The molecular weight excluding hydrogens is 508 g/mol. The molecule has 0 aliphatic carbocycles. The second-order valence-electron chi connectivity index (χ2n) is 10.1. The molecule has 1 amide bonds. The number of nitrogens with one attached hydrogen (secondary N) is 1. The van der Waals surface area contributed by atoms with E-state index >= 15 is 0 Å². The Labute approximate surface area is 242 Å². The second kappa shape index (κ2) is 14.1. The monoisotopic (exact) mass is 544 g/mol. The Kier molecular flexibility index (Phi) is 9.64. The van der Waals surface area contributed by atoms with Crippen molar-refractivity contribution in [2.75, 3.05) is 6.61 Å². The number of hydrogen-bond donors (Lipinski definition) is 1. The Balaban J connectivity index is 1.29. The first-order valence-electron chi connectivity index (χ1n) is 14.1. The van der Waals surface area contributed by atoms with Crippen molar-refractivity contribution in [1.82, 2.24) is 10.2 Å². The first kappa shape index (κ1) is 27.9. The molecule has 208 valence electrons. The Morgan fingerprint density at radius 3 is 1.93 bits per heavy atom. The largest absolute Gasteiger partial charge is 0.494 e. The van der Waals surface area contributed by atoms with Gasteiger partial charge < -0.3 is 14.5 Å². The molecule has 5 rings (SSSR count). The molecule has 1 heterocycles. The smallest absolute Gasteiger partial charge is 0.287 e. The van der Waals surface area contributed by atoms with Crippen molar-refractivity contribution < 1.29 is 13.9 Å². The lowest BCUT2D eigenvalue weighted by Gasteiger charge is -2.22. The van der Waals surface area contributed by atoms with Crippen molar-refractivity contribution in [2.24, 2.45) is 0 Å². The maximum Gasteiger partial charge on any atom is 0.287 e. The zero-order valence-electron chi connectivity index (χ0n) is 23.4. The van der Waals surface area contributed by atoms with Crippen molar-refractivity contribution in [1.29, 1.82) is 0 Å². The van der Waals surface area contributed by atoms with Gasteiger partial charge in [-0.15, -0.1) is 0 Å². The number of amides is 1. The quantitative estimate of drug-likeness (QED) is 0.166. The molecule has 0 saturated carbocycles. The summed E-state index contributed by atoms with van der Waals surface area (Å²) in [6.07, 6.45) is 0.692. The molecular formula is C36H36N2O3. The summed E-state index contributed by atoms with van der Waals surface area (Å²) in [7, 11) is 0. The minimum Gasteiger partial charge on any atom is -0.494 e. The average Bonchev–Trinajstić information content (AvgIpc) is 3.48. The molecule has 1 aromatic heterocycles. The molecule has 5 aromatic rings. The van der Waals surface area contributed by atoms with Crippen LogP contribution >= 0.6 is 0 Å². The predicted octanol–water partition coefficient (Wildman–Crippen LogP) is 7.59. The summed E-state index contributed by atoms with van der Waals surface area (Å²) in [5.74, 6) is 1.71. The Hall–Kier alpha value is -4.61. The maximum atomic E-state index is 13.4. The van der Waals surface area contributed by atoms with E-state index in [2.05, 4.69) is 58.7 Å². The molecule has 0 fully saturated rings. The van der Waals surface area contributed by atoms with Gasteiger partial charge in [0.25, 0.3) is 5.91 Å². The highest BCUT2D eigenvalue weighted by molar-refractivity contribution is 5.91. The molecule has 0 aliphatic rings. The number of carbonyl (C=O) groups is 1. The van der Waals surface area contributed by atoms with Gasteiger partial charge in [0.1, 0.15) is 11.5 Å². The molecule has 1 atom stereocenters. The third-order valence-corrected chi connectivity index (χ3v) is 6.94. The van der Waals surface area contributed by atoms with E-state index in [0.717, 1.165) is 35.7 Å². The molecule has 4 aromatic carbocycles. The summed E-state index contributed by atoms with van der Waals surface area (Å²) in [6.45, 7) is 4.69. The zero-order chi connectivity index (χ0) is 28.3. The number of benzene rings is 4. The van der Waals surface area contributed by atoms with E-state index in [-0.39, 0.29) is 11.9 Å². The summed E-state index contributed by atoms with van der Waals surface area (Å²) >= 11 is 0. The van der Waals surface area contributed by atoms with Crippen LogP contribution in [0.1, 0.15) is 51.5 Å². The Morgan fingerprint density at radius 2 is 1.29 bits per heavy atom. The fourth-order valence-electron chi connectivity index (χ4n) is 4.95. The van der Waals surface area contributed by atoms with E-state index in [9.17, 15) is 4.79 Å². The highest BCUT2D eigenvalue weighted by Gasteiger charge is 2.20. The van der Waals surface area contributed by atoms with E-state index in [1.807, 2.05) is 79.7 Å². The molecule has 0 aliphatic heterocycles. The molecule has 5 heteroatoms. The van der Waals surface area contributed by atoms with Crippen molar-refractivity contribution >= 4 is 5.91 Å². The molecule has 41 heavy (non-hydrogen) atoms. The third-order valence-electron chi connectivity index (χ3n) is 6.94. The Morgan fingerprint density at radius 1 is 0.707 bits per heavy atom. The van der Waals surface area contributed by atoms with Crippen molar-refractivity contribution in [3.63, 3.8) is 0 Å². The van der Waals surface area contributed by atoms with Crippen LogP contribution in [0.3, 0.4) is 0 Å². The normalized spacial score (nSPS) is 11.8. The standard InChI is InChI=1S/C36H36N2O3/c1-2-40-32-20-18-30(19-21-32)26-38(25-29-14-8-4-9-15-29)27-33-22-23-35(41-33)36(39)37-34(31-16-10-5-11-17-31)24-28-12-6-3-7-13-28/h3-23,34H,2,24-27H2,1H3,(H,37,39). The minimum atomic E-state index is -0.220. The summed E-state index contributed by atoms with van der Waals surface area (Å²) in [6, 6.07) is 42.4. The van der Waals surface area contributed by atoms with Gasteiger partial charge in [-0.25, -0.2) is 0 Å². The van der Waals surface area contributed by atoms with E-state index in [1.165, 1.54) is 11.1 Å². The molecule has 5 nitrogen and oxygen atoms in total. The predicted molar refractivity (Wildman–Crippen MR) is 163 cm³/mol. The SMILES string of the molecule is CCOc1ccc(CN(Cc2ccccc2)Cc2ccc(C(=O)NC(Cc3ccccc3)c3ccccc3)o2)cc1. The highest BCUT2D eigenvalue weighted by Crippen LogP contribution is 2.21. The maximum absolute atomic E-state index is 13.4. The fourth-order valence-corrected chi connectivity index (χ4v) is 4.95. The van der Waals surface area contributed by atoms with Crippen LogP contribution in [0.4, 0.5) is 0 Å². The van der Waals surface area contributed by atoms with Gasteiger partial charge in [0.15, 0.2) is 5.76 Å². The van der Waals surface area contributed by atoms with Crippen LogP contribution in [0.15, 0.2) is 132 Å². The molecule has 0 spiro atoms. The first-order valence-corrected chi connectivity index (χ1v) is 14.1. The minimum absolute atomic E-state index is 0.172. The second-order valence-corrected chi connectivity index (χ2v) is 10.1. The molecule has 0 bridgehead atoms. The summed E-state index contributed by atoms with van der Waals surface area (Å²) in [5.41, 5.74) is 4.61. The van der Waals surface area contributed by atoms with E-state index in [4.69, 9.17) is 9.15 Å². The lowest BCUT2D eigenvalue weighted by molar-refractivity contribution is 0.0904. The number of rotatable bonds is 13. The zero-order valence-corrected chi connectivity index (χ0v) is 23.4. The van der Waals surface area contributed by atoms with Crippen molar-refractivity contribution in [2.45, 2.75) is 39.0 Å². The van der Waals surface area contributed by atoms with E-state index in [0.29, 0.717) is 25.3 Å². The van der Waals surface area contributed by atoms with E-state index in [1.54, 1.807) is 6.07 Å². The van der Waals surface area contributed by atoms with Gasteiger partial charge in [-0.3, -0.25) is 9.69 Å². The van der Waals surface area contributed by atoms with Crippen LogP contribution in [0, 0.1) is 0 Å². The van der Waals surface area contributed by atoms with Crippen LogP contribution in [-0.2, 0) is 26.1 Å². The van der Waals surface area contributed by atoms with Gasteiger partial charge in [0.05, 0.1) is 19.2 Å². The van der Waals surface area contributed by atoms with Gasteiger partial charge in [0, 0.05) is 13.1 Å². The van der Waals surface area contributed by atoms with Gasteiger partial charge in [-0.05, 0) is 59.9 Å². The van der Waals surface area contributed by atoms with Gasteiger partial charge in [0.2, 0.25) is 0 Å². The van der Waals surface area contributed by atoms with Crippen LogP contribution in [-0.4, -0.2) is 17.4 Å². The van der Waals surface area contributed by atoms with Crippen LogP contribution in [0.5, 0.6) is 5.75 Å². The lowest BCUT2D eigenvalue weighted by Crippen LogP contribution is -2.29. The number of hydrogen-bond acceptors (Lipinski definition) is 4. The topological polar surface area (TPSA) is 54.7 Å². The van der Waals surface area contributed by atoms with Crippen LogP contribution in [0.2, 0.25) is 0 Å². The molecule has 0 radical (unpaired) electrons. The molecule has 0 saturated heterocycles. The van der Waals surface area contributed by atoms with Crippen molar-refractivity contribution in [3.8, 4) is 5.75 Å². The number of carbonyl (C=O) groups excluding carboxylic acids is 1.